The van der Waals surface area contributed by atoms with Gasteiger partial charge in [-0.15, -0.1) is 0 Å². The number of rotatable bonds is 7. The van der Waals surface area contributed by atoms with E-state index in [0.29, 0.717) is 18.3 Å². The molecular formula is C16H20N4O2. The zero-order valence-electron chi connectivity index (χ0n) is 12.6. The van der Waals surface area contributed by atoms with Crippen molar-refractivity contribution in [1.29, 1.82) is 0 Å². The number of aromatic amines is 1. The lowest BCUT2D eigenvalue weighted by Crippen LogP contribution is -2.33. The Labute approximate surface area is 129 Å². The van der Waals surface area contributed by atoms with E-state index in [2.05, 4.69) is 20.5 Å². The maximum absolute atomic E-state index is 12.1. The van der Waals surface area contributed by atoms with Gasteiger partial charge in [-0.05, 0) is 31.2 Å². The van der Waals surface area contributed by atoms with Crippen molar-refractivity contribution in [3.05, 3.63) is 47.5 Å². The van der Waals surface area contributed by atoms with Gasteiger partial charge in [-0.3, -0.25) is 9.89 Å². The molecule has 3 rings (SSSR count). The van der Waals surface area contributed by atoms with Crippen molar-refractivity contribution < 1.29 is 9.53 Å². The Bertz CT molecular complexity index is 622. The number of carbonyl (C=O) groups is 1. The van der Waals surface area contributed by atoms with Gasteiger partial charge in [0.05, 0.1) is 6.61 Å². The van der Waals surface area contributed by atoms with E-state index in [1.165, 1.54) is 12.8 Å². The summed E-state index contributed by atoms with van der Waals surface area (Å²) in [4.78, 5) is 16.4. The number of hydrogen-bond donors (Lipinski definition) is 2. The van der Waals surface area contributed by atoms with Crippen molar-refractivity contribution in [2.24, 2.45) is 5.92 Å². The summed E-state index contributed by atoms with van der Waals surface area (Å²) in [7, 11) is 0. The van der Waals surface area contributed by atoms with E-state index in [9.17, 15) is 4.79 Å². The minimum atomic E-state index is -0.372. The summed E-state index contributed by atoms with van der Waals surface area (Å²) in [5.41, 5.74) is 0.942. The Morgan fingerprint density at radius 1 is 1.41 bits per heavy atom. The topological polar surface area (TPSA) is 79.9 Å². The molecule has 0 bridgehead atoms. The van der Waals surface area contributed by atoms with Gasteiger partial charge in [0.1, 0.15) is 18.5 Å². The van der Waals surface area contributed by atoms with E-state index in [4.69, 9.17) is 4.74 Å². The second-order valence-electron chi connectivity index (χ2n) is 5.65. The minimum absolute atomic E-state index is 0.0727. The summed E-state index contributed by atoms with van der Waals surface area (Å²) in [6, 6.07) is 9.31. The molecule has 1 atom stereocenters. The monoisotopic (exact) mass is 300 g/mol. The van der Waals surface area contributed by atoms with Gasteiger partial charge in [0.15, 0.2) is 5.82 Å². The second kappa shape index (κ2) is 6.70. The van der Waals surface area contributed by atoms with Crippen LogP contribution < -0.4 is 5.32 Å². The lowest BCUT2D eigenvalue weighted by molar-refractivity contribution is -0.126. The van der Waals surface area contributed by atoms with Crippen LogP contribution in [0.15, 0.2) is 30.3 Å². The molecule has 1 fully saturated rings. The summed E-state index contributed by atoms with van der Waals surface area (Å²) in [5, 5.41) is 9.94. The number of amides is 1. The molecule has 1 amide bonds. The molecule has 2 N–H and O–H groups in total. The fourth-order valence-corrected chi connectivity index (χ4v) is 2.24. The molecule has 6 nitrogen and oxygen atoms in total. The van der Waals surface area contributed by atoms with Crippen LogP contribution in [-0.4, -0.2) is 34.3 Å². The van der Waals surface area contributed by atoms with E-state index in [1.54, 1.807) is 0 Å². The molecule has 0 aliphatic heterocycles. The van der Waals surface area contributed by atoms with Gasteiger partial charge in [-0.25, -0.2) is 4.98 Å². The first-order chi connectivity index (χ1) is 10.7. The number of ether oxygens (including phenoxy) is 1. The Morgan fingerprint density at radius 2 is 2.18 bits per heavy atom. The zero-order valence-corrected chi connectivity index (χ0v) is 12.6. The van der Waals surface area contributed by atoms with Crippen LogP contribution in [0.3, 0.4) is 0 Å². The molecule has 6 heteroatoms. The van der Waals surface area contributed by atoms with Crippen LogP contribution in [-0.2, 0) is 9.53 Å². The van der Waals surface area contributed by atoms with Crippen molar-refractivity contribution in [1.82, 2.24) is 20.5 Å². The fourth-order valence-electron chi connectivity index (χ4n) is 2.24. The predicted molar refractivity (Wildman–Crippen MR) is 81.1 cm³/mol. The molecule has 1 unspecified atom stereocenters. The molecule has 1 heterocycles. The second-order valence-corrected chi connectivity index (χ2v) is 5.65. The van der Waals surface area contributed by atoms with E-state index in [-0.39, 0.29) is 18.6 Å². The largest absolute Gasteiger partial charge is 0.371 e. The Balaban J connectivity index is 1.66. The van der Waals surface area contributed by atoms with Gasteiger partial charge in [0.2, 0.25) is 5.91 Å². The summed E-state index contributed by atoms with van der Waals surface area (Å²) in [6.45, 7) is 2.57. The highest BCUT2D eigenvalue weighted by atomic mass is 16.5. The number of H-pyrrole nitrogens is 1. The normalized spacial score (nSPS) is 15.5. The molecule has 0 radical (unpaired) electrons. The van der Waals surface area contributed by atoms with Crippen LogP contribution >= 0.6 is 0 Å². The number of hydrogen-bond acceptors (Lipinski definition) is 4. The Hall–Kier alpha value is -2.21. The van der Waals surface area contributed by atoms with E-state index in [0.717, 1.165) is 11.4 Å². The van der Waals surface area contributed by atoms with Gasteiger partial charge in [0.25, 0.3) is 0 Å². The SMILES string of the molecule is Cc1nc(C(NC(=O)COCC2CC2)c2ccccc2)n[nH]1. The maximum Gasteiger partial charge on any atom is 0.246 e. The number of carbonyl (C=O) groups excluding carboxylic acids is 1. The van der Waals surface area contributed by atoms with Gasteiger partial charge < -0.3 is 10.1 Å². The molecule has 22 heavy (non-hydrogen) atoms. The first-order valence-corrected chi connectivity index (χ1v) is 7.53. The van der Waals surface area contributed by atoms with Crippen LogP contribution in [0.25, 0.3) is 0 Å². The molecule has 2 aromatic rings. The first kappa shape index (κ1) is 14.7. The third-order valence-corrected chi connectivity index (χ3v) is 3.59. The first-order valence-electron chi connectivity index (χ1n) is 7.53. The van der Waals surface area contributed by atoms with Gasteiger partial charge in [-0.1, -0.05) is 30.3 Å². The Morgan fingerprint density at radius 3 is 2.82 bits per heavy atom. The summed E-state index contributed by atoms with van der Waals surface area (Å²) in [5.74, 6) is 1.76. The quantitative estimate of drug-likeness (QED) is 0.816. The van der Waals surface area contributed by atoms with E-state index in [1.807, 2.05) is 37.3 Å². The number of benzene rings is 1. The van der Waals surface area contributed by atoms with Crippen molar-refractivity contribution in [2.75, 3.05) is 13.2 Å². The third-order valence-electron chi connectivity index (χ3n) is 3.59. The Kier molecular flexibility index (Phi) is 4.48. The summed E-state index contributed by atoms with van der Waals surface area (Å²) in [6.07, 6.45) is 2.43. The van der Waals surface area contributed by atoms with Crippen molar-refractivity contribution in [3.8, 4) is 0 Å². The van der Waals surface area contributed by atoms with E-state index >= 15 is 0 Å². The van der Waals surface area contributed by atoms with Crippen LogP contribution in [0.5, 0.6) is 0 Å². The standard InChI is InChI=1S/C16H20N4O2/c1-11-17-16(20-19-11)15(13-5-3-2-4-6-13)18-14(21)10-22-9-12-7-8-12/h2-6,12,15H,7-10H2,1H3,(H,18,21)(H,17,19,20). The van der Waals surface area contributed by atoms with Crippen molar-refractivity contribution in [2.45, 2.75) is 25.8 Å². The van der Waals surface area contributed by atoms with Crippen LogP contribution in [0.2, 0.25) is 0 Å². The molecule has 116 valence electrons. The van der Waals surface area contributed by atoms with Crippen LogP contribution in [0.4, 0.5) is 0 Å². The fraction of sp³-hybridized carbons (Fsp3) is 0.438. The molecule has 1 aliphatic rings. The molecule has 1 aromatic carbocycles. The van der Waals surface area contributed by atoms with Gasteiger partial charge in [-0.2, -0.15) is 5.10 Å². The summed E-state index contributed by atoms with van der Waals surface area (Å²) >= 11 is 0. The zero-order chi connectivity index (χ0) is 15.4. The highest BCUT2D eigenvalue weighted by Gasteiger charge is 2.23. The third kappa shape index (κ3) is 3.92. The average molecular weight is 300 g/mol. The number of nitrogens with one attached hydrogen (secondary N) is 2. The van der Waals surface area contributed by atoms with Crippen molar-refractivity contribution in [3.63, 3.8) is 0 Å². The molecule has 0 saturated heterocycles. The van der Waals surface area contributed by atoms with Crippen LogP contribution in [0, 0.1) is 12.8 Å². The van der Waals surface area contributed by atoms with Gasteiger partial charge in [0, 0.05) is 0 Å². The van der Waals surface area contributed by atoms with E-state index < -0.39 is 0 Å². The smallest absolute Gasteiger partial charge is 0.246 e. The van der Waals surface area contributed by atoms with Crippen LogP contribution in [0.1, 0.15) is 36.1 Å². The molecule has 1 aromatic heterocycles. The molecular weight excluding hydrogens is 280 g/mol. The number of aryl methyl sites for hydroxylation is 1. The average Bonchev–Trinajstić information content (AvgIpc) is 3.25. The minimum Gasteiger partial charge on any atom is -0.371 e. The summed E-state index contributed by atoms with van der Waals surface area (Å²) < 4.78 is 5.44. The molecule has 0 spiro atoms. The lowest BCUT2D eigenvalue weighted by Gasteiger charge is -2.16. The molecule has 1 aliphatic carbocycles. The highest BCUT2D eigenvalue weighted by molar-refractivity contribution is 5.78. The molecule has 1 saturated carbocycles. The maximum atomic E-state index is 12.1. The van der Waals surface area contributed by atoms with Gasteiger partial charge >= 0.3 is 0 Å². The lowest BCUT2D eigenvalue weighted by atomic mass is 10.1. The predicted octanol–water partition coefficient (Wildman–Crippen LogP) is 1.75. The van der Waals surface area contributed by atoms with Crippen molar-refractivity contribution >= 4 is 5.91 Å². The highest BCUT2D eigenvalue weighted by Crippen LogP contribution is 2.28. The number of nitrogens with zero attached hydrogens (tertiary/aromatic N) is 2. The number of aromatic nitrogens is 3.